The minimum absolute atomic E-state index is 0.0486. The summed E-state index contributed by atoms with van der Waals surface area (Å²) in [5.41, 5.74) is -0.368. The minimum atomic E-state index is -0.628. The Morgan fingerprint density at radius 2 is 1.38 bits per heavy atom. The summed E-state index contributed by atoms with van der Waals surface area (Å²) in [6, 6.07) is 9.05. The molecule has 1 atom stereocenters. The molecule has 0 spiro atoms. The molecule has 1 unspecified atom stereocenters. The number of benzene rings is 1. The highest BCUT2D eigenvalue weighted by Crippen LogP contribution is 2.16. The van der Waals surface area contributed by atoms with Crippen molar-refractivity contribution < 1.29 is 33.6 Å². The van der Waals surface area contributed by atoms with E-state index in [1.54, 1.807) is 12.1 Å². The molecule has 11 heteroatoms. The van der Waals surface area contributed by atoms with Crippen LogP contribution in [-0.2, 0) is 14.2 Å². The second kappa shape index (κ2) is 22.0. The number of carbonyl (C=O) groups is 2. The van der Waals surface area contributed by atoms with E-state index in [2.05, 4.69) is 22.9 Å². The molecule has 228 valence electrons. The number of unbranched alkanes of at least 4 members (excludes halogenated alkanes) is 6. The van der Waals surface area contributed by atoms with Crippen LogP contribution in [-0.4, -0.2) is 74.6 Å². The van der Waals surface area contributed by atoms with Crippen LogP contribution in [0, 0.1) is 5.41 Å². The summed E-state index contributed by atoms with van der Waals surface area (Å²) in [6.07, 6.45) is 6.41. The number of ether oxygens (including phenoxy) is 4. The molecule has 4 N–H and O–H groups in total. The Bertz CT molecular complexity index is 827. The van der Waals surface area contributed by atoms with Gasteiger partial charge in [-0.15, -0.1) is 0 Å². The summed E-state index contributed by atoms with van der Waals surface area (Å²) in [4.78, 5) is 23.9. The number of carbonyl (C=O) groups excluding carboxylic acids is 2. The van der Waals surface area contributed by atoms with E-state index in [1.807, 2.05) is 32.0 Å². The van der Waals surface area contributed by atoms with Crippen LogP contribution in [0.2, 0.25) is 0 Å². The third kappa shape index (κ3) is 19.3. The molecule has 2 amide bonds. The second-order valence-corrected chi connectivity index (χ2v) is 10.8. The molecule has 0 saturated heterocycles. The minimum Gasteiger partial charge on any atom is -0.484 e. The van der Waals surface area contributed by atoms with Gasteiger partial charge in [-0.3, -0.25) is 0 Å². The number of para-hydroxylation sites is 1. The van der Waals surface area contributed by atoms with E-state index < -0.39 is 18.3 Å². The smallest absolute Gasteiger partial charge is 0.407 e. The third-order valence-corrected chi connectivity index (χ3v) is 6.04. The Morgan fingerprint density at radius 1 is 0.825 bits per heavy atom. The highest BCUT2D eigenvalue weighted by atomic mass is 32.1. The zero-order valence-electron chi connectivity index (χ0n) is 24.4. The normalized spacial score (nSPS) is 11.7. The molecule has 1 aromatic rings. The van der Waals surface area contributed by atoms with E-state index in [9.17, 15) is 14.7 Å². The van der Waals surface area contributed by atoms with Crippen molar-refractivity contribution >= 4 is 29.6 Å². The SMILES string of the molecule is CCCCCCNC(=S)OCC(C)(C)COC(=O)NCCCCCCNC(=O)OCC(CO)Oc1ccccc1. The van der Waals surface area contributed by atoms with Crippen LogP contribution in [0.25, 0.3) is 0 Å². The Labute approximate surface area is 244 Å². The lowest BCUT2D eigenvalue weighted by Crippen LogP contribution is -2.34. The van der Waals surface area contributed by atoms with Gasteiger partial charge >= 0.3 is 12.2 Å². The molecule has 1 aromatic carbocycles. The maximum Gasteiger partial charge on any atom is 0.407 e. The number of nitrogens with one attached hydrogen (secondary N) is 3. The van der Waals surface area contributed by atoms with Crippen LogP contribution in [0.5, 0.6) is 5.75 Å². The Hall–Kier alpha value is -2.79. The van der Waals surface area contributed by atoms with Gasteiger partial charge in [0.1, 0.15) is 19.0 Å². The van der Waals surface area contributed by atoms with E-state index in [1.165, 1.54) is 19.3 Å². The van der Waals surface area contributed by atoms with Crippen molar-refractivity contribution in [1.29, 1.82) is 0 Å². The quantitative estimate of drug-likeness (QED) is 0.118. The van der Waals surface area contributed by atoms with Crippen LogP contribution in [0.1, 0.15) is 72.1 Å². The van der Waals surface area contributed by atoms with E-state index in [4.69, 9.17) is 31.2 Å². The molecule has 0 bridgehead atoms. The molecule has 0 aliphatic rings. The number of hydrogen-bond donors (Lipinski definition) is 4. The lowest BCUT2D eigenvalue weighted by molar-refractivity contribution is 0.0471. The van der Waals surface area contributed by atoms with Gasteiger partial charge in [0.25, 0.3) is 5.17 Å². The van der Waals surface area contributed by atoms with Crippen molar-refractivity contribution in [3.05, 3.63) is 30.3 Å². The van der Waals surface area contributed by atoms with E-state index in [-0.39, 0.29) is 25.2 Å². The largest absolute Gasteiger partial charge is 0.484 e. The predicted molar refractivity (Wildman–Crippen MR) is 160 cm³/mol. The zero-order chi connectivity index (χ0) is 29.5. The molecule has 0 aliphatic carbocycles. The van der Waals surface area contributed by atoms with Crippen molar-refractivity contribution in [3.8, 4) is 5.75 Å². The summed E-state index contributed by atoms with van der Waals surface area (Å²) in [5.74, 6) is 0.601. The van der Waals surface area contributed by atoms with Crippen LogP contribution in [0.15, 0.2) is 30.3 Å². The van der Waals surface area contributed by atoms with Crippen molar-refractivity contribution in [2.24, 2.45) is 5.41 Å². The molecule has 0 fully saturated rings. The van der Waals surface area contributed by atoms with Gasteiger partial charge in [-0.1, -0.05) is 71.1 Å². The van der Waals surface area contributed by atoms with Crippen molar-refractivity contribution in [2.75, 3.05) is 46.1 Å². The lowest BCUT2D eigenvalue weighted by atomic mass is 9.96. The van der Waals surface area contributed by atoms with Crippen LogP contribution < -0.4 is 20.7 Å². The number of aliphatic hydroxyl groups excluding tert-OH is 1. The summed E-state index contributed by atoms with van der Waals surface area (Å²) in [6.45, 7) is 8.15. The number of aliphatic hydroxyl groups is 1. The number of alkyl carbamates (subject to hydrolysis) is 2. The topological polar surface area (TPSA) is 127 Å². The van der Waals surface area contributed by atoms with Gasteiger partial charge in [-0.05, 0) is 43.6 Å². The first-order valence-corrected chi connectivity index (χ1v) is 14.7. The molecule has 10 nitrogen and oxygen atoms in total. The summed E-state index contributed by atoms with van der Waals surface area (Å²) in [5, 5.41) is 18.4. The average Bonchev–Trinajstić information content (AvgIpc) is 2.95. The molecular weight excluding hydrogens is 534 g/mol. The molecule has 0 saturated carbocycles. The maximum absolute atomic E-state index is 12.0. The maximum atomic E-state index is 12.0. The highest BCUT2D eigenvalue weighted by Gasteiger charge is 2.22. The number of amides is 2. The second-order valence-electron chi connectivity index (χ2n) is 10.4. The summed E-state index contributed by atoms with van der Waals surface area (Å²) in [7, 11) is 0. The van der Waals surface area contributed by atoms with Crippen molar-refractivity contribution in [3.63, 3.8) is 0 Å². The zero-order valence-corrected chi connectivity index (χ0v) is 25.2. The van der Waals surface area contributed by atoms with E-state index in [0.717, 1.165) is 38.6 Å². The van der Waals surface area contributed by atoms with Crippen molar-refractivity contribution in [2.45, 2.75) is 78.2 Å². The van der Waals surface area contributed by atoms with Gasteiger partial charge in [0.15, 0.2) is 6.10 Å². The van der Waals surface area contributed by atoms with E-state index >= 15 is 0 Å². The van der Waals surface area contributed by atoms with Crippen LogP contribution in [0.3, 0.4) is 0 Å². The molecule has 0 heterocycles. The third-order valence-electron chi connectivity index (χ3n) is 5.78. The van der Waals surface area contributed by atoms with Gasteiger partial charge in [0, 0.05) is 25.0 Å². The van der Waals surface area contributed by atoms with Gasteiger partial charge in [-0.2, -0.15) is 0 Å². The summed E-state index contributed by atoms with van der Waals surface area (Å²) >= 11 is 5.21. The summed E-state index contributed by atoms with van der Waals surface area (Å²) < 4.78 is 21.7. The highest BCUT2D eigenvalue weighted by molar-refractivity contribution is 7.80. The molecule has 40 heavy (non-hydrogen) atoms. The molecule has 1 rings (SSSR count). The predicted octanol–water partition coefficient (Wildman–Crippen LogP) is 4.94. The number of thiocarbonyl (C=S) groups is 1. The van der Waals surface area contributed by atoms with Gasteiger partial charge < -0.3 is 40.0 Å². The average molecular weight is 584 g/mol. The van der Waals surface area contributed by atoms with Crippen molar-refractivity contribution in [1.82, 2.24) is 16.0 Å². The van der Waals surface area contributed by atoms with Gasteiger partial charge in [-0.25, -0.2) is 9.59 Å². The fraction of sp³-hybridized carbons (Fsp3) is 0.690. The Kier molecular flexibility index (Phi) is 19.3. The molecular formula is C29H49N3O7S. The van der Waals surface area contributed by atoms with Gasteiger partial charge in [0.05, 0.1) is 13.2 Å². The van der Waals surface area contributed by atoms with Crippen LogP contribution in [0.4, 0.5) is 9.59 Å². The Balaban J connectivity index is 2.00. The lowest BCUT2D eigenvalue weighted by Gasteiger charge is -2.24. The first-order chi connectivity index (χ1) is 19.3. The Morgan fingerprint density at radius 3 is 1.98 bits per heavy atom. The number of rotatable bonds is 21. The first kappa shape index (κ1) is 35.2. The molecule has 0 aliphatic heterocycles. The first-order valence-electron chi connectivity index (χ1n) is 14.3. The fourth-order valence-corrected chi connectivity index (χ4v) is 3.59. The van der Waals surface area contributed by atoms with E-state index in [0.29, 0.717) is 30.6 Å². The monoisotopic (exact) mass is 583 g/mol. The van der Waals surface area contributed by atoms with Gasteiger partial charge in [0.2, 0.25) is 0 Å². The molecule has 0 radical (unpaired) electrons. The molecule has 0 aromatic heterocycles. The van der Waals surface area contributed by atoms with Crippen LogP contribution >= 0.6 is 12.2 Å². The fourth-order valence-electron chi connectivity index (χ4n) is 3.43. The number of hydrogen-bond acceptors (Lipinski definition) is 8. The standard InChI is InChI=1S/C29H49N3O7S/c1-4-5-6-12-19-32-28(40)38-23-29(2,3)22-37-27(35)31-18-14-8-7-13-17-30-26(34)36-21-25(20-33)39-24-15-10-9-11-16-24/h9-11,15-16,25,33H,4-8,12-14,17-23H2,1-3H3,(H,30,34)(H,31,35)(H,32,40).